The standard InChI is InChI=1S/C27H31F2N3O4.C16H31NO2.C12H19NO2.2C12H20O4.C10H22N2.C4H8O.3C2H6.2CH2Cl2/c1-15(2)11-30-12-17-4-3-5-21(17)32-23(30)14-31-13-19(25(34)26(35)24(31)27(32)36)22(33)9-7-16-6-8-18(28)10-20(16)29;1-12(2)10-17-11-14-8-6-7-13(14)9-15(18)19-16(3,4)5;1-12(2,3)15-11(14)7-9-5-4-6-10(9)8-13;2*1-12(2,3)16-10(13)7-8-5-4-6-9(8)11(14)15;1-8(2)6-12-7-9-4-3-5-10(9)11;1-4(2)3-5;3*1-2;2*2-1-3/h6,8,10,13,15,17,21,23,35H,3-5,7,9,11-12,14H2,1-2H3;12-14,17H,6-11H2,1-5H3;9-10H,4-7H2,1-3H3;2*8-9H,4-7H2,1-3H3,(H,14,15);8-10,12H,3-7,11H2,1-2H3;3-4H,1-2H3;3*1-2H3;2*1H2/t17-,21-,23-;13-,14+;9-,10+;2*8-,9-;9-,10-;;;;;;/m011110....../s1. The van der Waals surface area contributed by atoms with Crippen LogP contribution in [0.2, 0.25) is 0 Å². The number of hydrogen-bond acceptors (Lipinski definition) is 20. The Hall–Kier alpha value is -6.05. The lowest BCUT2D eigenvalue weighted by Gasteiger charge is -2.53. The number of esters is 4. The van der Waals surface area contributed by atoms with Gasteiger partial charge in [0, 0.05) is 81.4 Å². The summed E-state index contributed by atoms with van der Waals surface area (Å²) >= 11 is 19.1. The zero-order valence-electron chi connectivity index (χ0n) is 84.7. The lowest BCUT2D eigenvalue weighted by atomic mass is 9.92. The second-order valence-electron chi connectivity index (χ2n) is 40.0. The molecule has 24 nitrogen and oxygen atoms in total. The summed E-state index contributed by atoms with van der Waals surface area (Å²) in [5.41, 5.74) is 3.16. The molecule has 131 heavy (non-hydrogen) atoms. The summed E-state index contributed by atoms with van der Waals surface area (Å²) < 4.78 is 49.8. The van der Waals surface area contributed by atoms with Crippen molar-refractivity contribution in [1.82, 2.24) is 25.0 Å². The maximum absolute atomic E-state index is 14.0. The number of halogens is 6. The molecule has 6 aliphatic carbocycles. The van der Waals surface area contributed by atoms with Crippen molar-refractivity contribution >= 4 is 100 Å². The molecule has 3 heterocycles. The van der Waals surface area contributed by atoms with E-state index in [2.05, 4.69) is 63.1 Å². The van der Waals surface area contributed by atoms with Crippen molar-refractivity contribution < 1.29 is 86.2 Å². The van der Waals surface area contributed by atoms with E-state index in [1.54, 1.807) is 0 Å². The third-order valence-electron chi connectivity index (χ3n) is 22.7. The van der Waals surface area contributed by atoms with Gasteiger partial charge < -0.3 is 64.9 Å². The molecular formula is C101H173Cl4F2N7O17. The number of aldehydes is 1. The van der Waals surface area contributed by atoms with Gasteiger partial charge in [0.15, 0.2) is 17.2 Å². The topological polar surface area (TPSA) is 354 Å². The number of aliphatic carboxylic acids is 2. The molecule has 1 aromatic carbocycles. The molecule has 7 N–H and O–H groups in total. The third kappa shape index (κ3) is 52.2. The number of carboxylic acid groups (broad SMARTS) is 2. The number of carboxylic acids is 2. The van der Waals surface area contributed by atoms with Crippen LogP contribution in [0.25, 0.3) is 0 Å². The van der Waals surface area contributed by atoms with E-state index in [1.807, 2.05) is 143 Å². The van der Waals surface area contributed by atoms with Crippen LogP contribution in [0.4, 0.5) is 8.78 Å². The second kappa shape index (κ2) is 66.4. The number of pyridine rings is 1. The number of nitrogens with one attached hydrogen (secondary N) is 2. The van der Waals surface area contributed by atoms with Crippen LogP contribution in [0.3, 0.4) is 0 Å². The van der Waals surface area contributed by atoms with Crippen molar-refractivity contribution in [3.8, 4) is 11.8 Å². The van der Waals surface area contributed by atoms with Crippen LogP contribution in [-0.2, 0) is 65.5 Å². The average molecular weight is 1940 g/mol. The van der Waals surface area contributed by atoms with E-state index in [1.165, 1.54) is 55.4 Å². The molecule has 7 fully saturated rings. The Morgan fingerprint density at radius 1 is 0.557 bits per heavy atom. The molecule has 30 heteroatoms. The van der Waals surface area contributed by atoms with Crippen molar-refractivity contribution in [2.45, 2.75) is 381 Å². The summed E-state index contributed by atoms with van der Waals surface area (Å²) in [5, 5.41) is 45.0. The van der Waals surface area contributed by atoms with Gasteiger partial charge in [0.2, 0.25) is 5.43 Å². The fourth-order valence-electron chi connectivity index (χ4n) is 17.3. The molecule has 6 saturated carbocycles. The van der Waals surface area contributed by atoms with Gasteiger partial charge in [-0.05, 0) is 264 Å². The van der Waals surface area contributed by atoms with E-state index in [9.17, 15) is 61.8 Å². The Labute approximate surface area is 806 Å². The van der Waals surface area contributed by atoms with Gasteiger partial charge in [-0.1, -0.05) is 142 Å². The number of benzene rings is 1. The van der Waals surface area contributed by atoms with Gasteiger partial charge in [0.25, 0.3) is 5.91 Å². The van der Waals surface area contributed by atoms with E-state index in [0.717, 1.165) is 134 Å². The van der Waals surface area contributed by atoms with Crippen molar-refractivity contribution in [2.24, 2.45) is 88.6 Å². The molecule has 0 bridgehead atoms. The maximum Gasteiger partial charge on any atom is 0.306 e. The molecule has 2 aliphatic heterocycles. The van der Waals surface area contributed by atoms with Crippen LogP contribution < -0.4 is 21.8 Å². The highest BCUT2D eigenvalue weighted by Gasteiger charge is 2.50. The van der Waals surface area contributed by atoms with Gasteiger partial charge in [0.1, 0.15) is 46.5 Å². The van der Waals surface area contributed by atoms with Gasteiger partial charge in [0.05, 0.1) is 40.7 Å². The minimum absolute atomic E-state index is 0.0204. The summed E-state index contributed by atoms with van der Waals surface area (Å²) in [6.45, 7) is 57.6. The molecule has 2 aromatic rings. The van der Waals surface area contributed by atoms with Crippen LogP contribution in [0.1, 0.15) is 354 Å². The zero-order valence-corrected chi connectivity index (χ0v) is 87.8. The van der Waals surface area contributed by atoms with Crippen molar-refractivity contribution in [1.29, 1.82) is 5.26 Å². The highest BCUT2D eigenvalue weighted by molar-refractivity contribution is 6.41. The zero-order chi connectivity index (χ0) is 101. The number of aromatic hydroxyl groups is 1. The number of aromatic nitrogens is 1. The predicted octanol–water partition coefficient (Wildman–Crippen LogP) is 22.2. The van der Waals surface area contributed by atoms with Crippen LogP contribution in [0.15, 0.2) is 29.2 Å². The molecule has 0 radical (unpaired) electrons. The summed E-state index contributed by atoms with van der Waals surface area (Å²) in [6, 6.07) is 5.95. The Balaban J connectivity index is 0. The molecule has 1 amide bonds. The first-order chi connectivity index (χ1) is 61.2. The highest BCUT2D eigenvalue weighted by Crippen LogP contribution is 2.43. The largest absolute Gasteiger partial charge is 0.503 e. The minimum Gasteiger partial charge on any atom is -0.503 e. The van der Waals surface area contributed by atoms with Crippen molar-refractivity contribution in [2.75, 3.05) is 49.9 Å². The third-order valence-corrected chi connectivity index (χ3v) is 22.7. The van der Waals surface area contributed by atoms with Gasteiger partial charge in [-0.15, -0.1) is 46.4 Å². The quantitative estimate of drug-likeness (QED) is 0.0177. The summed E-state index contributed by atoms with van der Waals surface area (Å²) in [4.78, 5) is 122. The number of nitrogens with zero attached hydrogens (tertiary/aromatic N) is 4. The maximum atomic E-state index is 14.0. The number of hydrogen-bond donors (Lipinski definition) is 6. The first kappa shape index (κ1) is 127. The number of nitriles is 1. The van der Waals surface area contributed by atoms with Crippen molar-refractivity contribution in [3.05, 3.63) is 63.1 Å². The molecule has 756 valence electrons. The predicted molar refractivity (Wildman–Crippen MR) is 524 cm³/mol. The van der Waals surface area contributed by atoms with E-state index in [-0.39, 0.29) is 142 Å². The number of rotatable bonds is 25. The first-order valence-electron chi connectivity index (χ1n) is 48.3. The molecular weight excluding hydrogens is 1760 g/mol. The van der Waals surface area contributed by atoms with Gasteiger partial charge >= 0.3 is 35.8 Å². The molecule has 1 saturated heterocycles. The second-order valence-corrected chi connectivity index (χ2v) is 41.6. The number of ether oxygens (including phenoxy) is 4. The number of Topliss-reactive ketones (excluding diaryl/α,β-unsaturated/α-hetero) is 1. The van der Waals surface area contributed by atoms with Crippen LogP contribution in [0, 0.1) is 106 Å². The Morgan fingerprint density at radius 2 is 0.947 bits per heavy atom. The lowest BCUT2D eigenvalue weighted by molar-refractivity contribution is -0.158. The van der Waals surface area contributed by atoms with Gasteiger partial charge in [-0.25, -0.2) is 8.78 Å². The van der Waals surface area contributed by atoms with Crippen LogP contribution in [0.5, 0.6) is 5.75 Å². The van der Waals surface area contributed by atoms with E-state index in [4.69, 9.17) is 86.6 Å². The molecule has 0 spiro atoms. The molecule has 8 aliphatic rings. The number of nitrogens with two attached hydrogens (primary N) is 1. The van der Waals surface area contributed by atoms with Crippen LogP contribution >= 0.6 is 46.4 Å². The number of aryl methyl sites for hydroxylation is 1. The van der Waals surface area contributed by atoms with Crippen molar-refractivity contribution in [3.63, 3.8) is 0 Å². The Kier molecular flexibility index (Phi) is 64.4. The summed E-state index contributed by atoms with van der Waals surface area (Å²) in [6.07, 6.45) is 21.6. The Morgan fingerprint density at radius 3 is 1.35 bits per heavy atom. The fraction of sp³-hybridized carbons (Fsp3) is 0.792. The van der Waals surface area contributed by atoms with Crippen LogP contribution in [-0.4, -0.2) is 174 Å². The number of carbonyl (C=O) groups is 9. The average Bonchev–Trinajstić information content (AvgIpc) is 1.66. The first-order valence-corrected chi connectivity index (χ1v) is 50.5. The van der Waals surface area contributed by atoms with Gasteiger partial charge in [-0.3, -0.25) is 48.1 Å². The number of fused-ring (bicyclic) bond motifs is 4. The molecule has 0 unspecified atom stereocenters. The van der Waals surface area contributed by atoms with E-state index in [0.29, 0.717) is 67.9 Å². The normalized spacial score (nSPS) is 22.6. The van der Waals surface area contributed by atoms with E-state index >= 15 is 0 Å². The summed E-state index contributed by atoms with van der Waals surface area (Å²) in [5.74, 6) is -1.74. The smallest absolute Gasteiger partial charge is 0.306 e. The molecule has 13 atom stereocenters. The fourth-order valence-corrected chi connectivity index (χ4v) is 17.3. The minimum atomic E-state index is -0.892. The molecule has 10 rings (SSSR count). The van der Waals surface area contributed by atoms with E-state index < -0.39 is 57.3 Å². The number of ketones is 1. The number of carbonyl (C=O) groups excluding carboxylic acids is 7. The highest BCUT2D eigenvalue weighted by atomic mass is 35.5. The summed E-state index contributed by atoms with van der Waals surface area (Å²) in [7, 11) is 0. The monoisotopic (exact) mass is 1930 g/mol. The molecule has 1 aromatic heterocycles. The lowest BCUT2D eigenvalue weighted by Crippen LogP contribution is -2.66. The Bertz CT molecular complexity index is 3680. The number of alkyl halides is 4. The van der Waals surface area contributed by atoms with Gasteiger partial charge in [-0.2, -0.15) is 5.26 Å². The SMILES string of the molecule is CC.CC.CC.CC(C)(C)OC(=O)C[C@H]1CCC[C@H]1C#N.CC(C)(C)OC(=O)C[C@H]1CCC[C@H]1C(=O)O.CC(C)(C)OC(=O)C[C@H]1CCC[C@H]1C(=O)O.CC(C)C=O.CC(C)CN1C[C@@H]2CCC[C@@H]2N2C(=O)c3c(O)c(=O)c(C(=O)CCc4ccc(F)cc4F)cn3C[C@@H]12.CC(C)CNC[C@@H]1CCC[C@@H]1CC(=O)OC(C)(C)C.CC(C)CNC[C@@H]1CCC[C@@H]1N.ClCCl.ClCCl. The number of amides is 1.